The molecule has 3 rings (SSSR count). The zero-order valence-electron chi connectivity index (χ0n) is 13.1. The van der Waals surface area contributed by atoms with Gasteiger partial charge in [-0.25, -0.2) is 0 Å². The van der Waals surface area contributed by atoms with Gasteiger partial charge in [-0.05, 0) is 12.5 Å². The third-order valence-electron chi connectivity index (χ3n) is 4.92. The van der Waals surface area contributed by atoms with E-state index in [0.717, 1.165) is 17.9 Å². The predicted molar refractivity (Wildman–Crippen MR) is 83.3 cm³/mol. The molecule has 0 spiro atoms. The van der Waals surface area contributed by atoms with Gasteiger partial charge in [0.2, 0.25) is 0 Å². The lowest BCUT2D eigenvalue weighted by molar-refractivity contribution is -0.157. The molecule has 6 heteroatoms. The Balaban J connectivity index is 1.73. The highest BCUT2D eigenvalue weighted by molar-refractivity contribution is 5.76. The third kappa shape index (κ3) is 3.20. The van der Waals surface area contributed by atoms with Crippen LogP contribution in [0.15, 0.2) is 24.3 Å². The van der Waals surface area contributed by atoms with Gasteiger partial charge in [0, 0.05) is 37.7 Å². The molecule has 2 atom stereocenters. The molecule has 1 aromatic rings. The van der Waals surface area contributed by atoms with Crippen molar-refractivity contribution in [3.8, 4) is 5.75 Å². The number of hydrogen-bond donors (Lipinski definition) is 2. The van der Waals surface area contributed by atoms with Crippen LogP contribution in [0.25, 0.3) is 0 Å². The first kappa shape index (κ1) is 16.2. The average molecular weight is 321 g/mol. The summed E-state index contributed by atoms with van der Waals surface area (Å²) in [5.41, 5.74) is 0.333. The molecule has 2 N–H and O–H groups in total. The van der Waals surface area contributed by atoms with E-state index in [-0.39, 0.29) is 19.1 Å². The Bertz CT molecular complexity index is 564. The van der Waals surface area contributed by atoms with Crippen LogP contribution in [0.3, 0.4) is 0 Å². The van der Waals surface area contributed by atoms with Gasteiger partial charge in [-0.1, -0.05) is 18.2 Å². The van der Waals surface area contributed by atoms with Crippen molar-refractivity contribution in [3.05, 3.63) is 29.8 Å². The predicted octanol–water partition coefficient (Wildman–Crippen LogP) is 0.981. The molecule has 0 amide bonds. The number of carboxylic acids is 1. The van der Waals surface area contributed by atoms with Gasteiger partial charge in [0.25, 0.3) is 0 Å². The number of carbonyl (C=O) groups is 1. The standard InChI is InChI=1S/C17H23NO5/c19-6-8-23-15-4-2-1-3-13(15)9-18-10-14-11-22-7-5-17(14,12-18)16(20)21/h1-4,14,19H,5-12H2,(H,20,21)/t14-,17+/m1/s1. The van der Waals surface area contributed by atoms with Crippen LogP contribution in [-0.4, -0.2) is 60.6 Å². The molecular weight excluding hydrogens is 298 g/mol. The highest BCUT2D eigenvalue weighted by Gasteiger charge is 2.53. The van der Waals surface area contributed by atoms with Crippen LogP contribution in [0.1, 0.15) is 12.0 Å². The number of carboxylic acid groups (broad SMARTS) is 1. The summed E-state index contributed by atoms with van der Waals surface area (Å²) in [6.45, 7) is 3.18. The number of aliphatic hydroxyl groups is 1. The lowest BCUT2D eigenvalue weighted by Gasteiger charge is -2.34. The van der Waals surface area contributed by atoms with E-state index in [1.54, 1.807) is 0 Å². The van der Waals surface area contributed by atoms with E-state index in [2.05, 4.69) is 4.90 Å². The highest BCUT2D eigenvalue weighted by Crippen LogP contribution is 2.43. The Labute approximate surface area is 135 Å². The summed E-state index contributed by atoms with van der Waals surface area (Å²) < 4.78 is 11.1. The molecule has 2 fully saturated rings. The first-order chi connectivity index (χ1) is 11.2. The lowest BCUT2D eigenvalue weighted by atomic mass is 9.74. The second kappa shape index (κ2) is 6.86. The number of likely N-dealkylation sites (tertiary alicyclic amines) is 1. The summed E-state index contributed by atoms with van der Waals surface area (Å²) in [4.78, 5) is 14.0. The quantitative estimate of drug-likeness (QED) is 0.813. The minimum Gasteiger partial charge on any atom is -0.491 e. The Kier molecular flexibility index (Phi) is 4.84. The normalized spacial score (nSPS) is 27.6. The highest BCUT2D eigenvalue weighted by atomic mass is 16.5. The van der Waals surface area contributed by atoms with Gasteiger partial charge in [0.05, 0.1) is 18.6 Å². The van der Waals surface area contributed by atoms with Gasteiger partial charge in [0.1, 0.15) is 12.4 Å². The zero-order valence-corrected chi connectivity index (χ0v) is 13.1. The smallest absolute Gasteiger partial charge is 0.311 e. The molecule has 0 unspecified atom stereocenters. The van der Waals surface area contributed by atoms with Crippen molar-refractivity contribution in [2.24, 2.45) is 11.3 Å². The van der Waals surface area contributed by atoms with E-state index < -0.39 is 11.4 Å². The first-order valence-corrected chi connectivity index (χ1v) is 8.01. The van der Waals surface area contributed by atoms with Crippen LogP contribution in [0.5, 0.6) is 5.75 Å². The zero-order chi connectivity index (χ0) is 16.3. The van der Waals surface area contributed by atoms with Crippen molar-refractivity contribution in [2.45, 2.75) is 13.0 Å². The molecular formula is C17H23NO5. The number of ether oxygens (including phenoxy) is 2. The van der Waals surface area contributed by atoms with Crippen LogP contribution in [-0.2, 0) is 16.1 Å². The SMILES string of the molecule is O=C(O)[C@]12CCOC[C@H]1CN(Cc1ccccc1OCCO)C2. The maximum absolute atomic E-state index is 11.8. The van der Waals surface area contributed by atoms with E-state index in [9.17, 15) is 9.90 Å². The molecule has 0 aromatic heterocycles. The summed E-state index contributed by atoms with van der Waals surface area (Å²) in [6, 6.07) is 7.70. The fourth-order valence-electron chi connectivity index (χ4n) is 3.70. The van der Waals surface area contributed by atoms with Crippen molar-refractivity contribution < 1.29 is 24.5 Å². The van der Waals surface area contributed by atoms with Gasteiger partial charge in [0.15, 0.2) is 0 Å². The molecule has 2 heterocycles. The van der Waals surface area contributed by atoms with Crippen LogP contribution in [0, 0.1) is 11.3 Å². The van der Waals surface area contributed by atoms with Crippen molar-refractivity contribution in [1.82, 2.24) is 4.90 Å². The van der Waals surface area contributed by atoms with Gasteiger partial charge in [-0.3, -0.25) is 9.69 Å². The Hall–Kier alpha value is -1.63. The first-order valence-electron chi connectivity index (χ1n) is 8.01. The summed E-state index contributed by atoms with van der Waals surface area (Å²) in [7, 11) is 0. The Morgan fingerprint density at radius 3 is 3.00 bits per heavy atom. The van der Waals surface area contributed by atoms with Crippen LogP contribution in [0.4, 0.5) is 0 Å². The average Bonchev–Trinajstić information content (AvgIpc) is 2.93. The molecule has 1 aromatic carbocycles. The summed E-state index contributed by atoms with van der Waals surface area (Å²) in [5, 5.41) is 18.6. The lowest BCUT2D eigenvalue weighted by Crippen LogP contribution is -2.44. The number of aliphatic hydroxyl groups excluding tert-OH is 1. The van der Waals surface area contributed by atoms with Gasteiger partial charge < -0.3 is 19.7 Å². The van der Waals surface area contributed by atoms with E-state index >= 15 is 0 Å². The monoisotopic (exact) mass is 321 g/mol. The minimum atomic E-state index is -0.710. The largest absolute Gasteiger partial charge is 0.491 e. The van der Waals surface area contributed by atoms with Gasteiger partial charge in [-0.2, -0.15) is 0 Å². The molecule has 0 aliphatic carbocycles. The maximum Gasteiger partial charge on any atom is 0.311 e. The number of aliphatic carboxylic acids is 1. The minimum absolute atomic E-state index is 0.0282. The molecule has 23 heavy (non-hydrogen) atoms. The second-order valence-corrected chi connectivity index (χ2v) is 6.33. The van der Waals surface area contributed by atoms with Crippen molar-refractivity contribution in [2.75, 3.05) is 39.5 Å². The molecule has 0 bridgehead atoms. The Morgan fingerprint density at radius 2 is 2.26 bits per heavy atom. The second-order valence-electron chi connectivity index (χ2n) is 6.33. The van der Waals surface area contributed by atoms with Crippen molar-refractivity contribution >= 4 is 5.97 Å². The summed E-state index contributed by atoms with van der Waals surface area (Å²) in [5.74, 6) is 0.0782. The summed E-state index contributed by atoms with van der Waals surface area (Å²) in [6.07, 6.45) is 0.576. The van der Waals surface area contributed by atoms with Crippen LogP contribution in [0.2, 0.25) is 0 Å². The number of benzene rings is 1. The number of fused-ring (bicyclic) bond motifs is 1. The van der Waals surface area contributed by atoms with Crippen molar-refractivity contribution in [1.29, 1.82) is 0 Å². The van der Waals surface area contributed by atoms with E-state index in [1.165, 1.54) is 0 Å². The molecule has 2 aliphatic rings. The fraction of sp³-hybridized carbons (Fsp3) is 0.588. The molecule has 0 saturated carbocycles. The number of rotatable bonds is 6. The number of para-hydroxylation sites is 1. The van der Waals surface area contributed by atoms with E-state index in [1.807, 2.05) is 24.3 Å². The molecule has 126 valence electrons. The topological polar surface area (TPSA) is 79.2 Å². The molecule has 6 nitrogen and oxygen atoms in total. The fourth-order valence-corrected chi connectivity index (χ4v) is 3.70. The van der Waals surface area contributed by atoms with Crippen LogP contribution >= 0.6 is 0 Å². The van der Waals surface area contributed by atoms with Gasteiger partial charge >= 0.3 is 5.97 Å². The van der Waals surface area contributed by atoms with Gasteiger partial charge in [-0.15, -0.1) is 0 Å². The van der Waals surface area contributed by atoms with Crippen molar-refractivity contribution in [3.63, 3.8) is 0 Å². The number of hydrogen-bond acceptors (Lipinski definition) is 5. The third-order valence-corrected chi connectivity index (χ3v) is 4.92. The molecule has 2 aliphatic heterocycles. The molecule has 2 saturated heterocycles. The maximum atomic E-state index is 11.8. The molecule has 0 radical (unpaired) electrons. The number of nitrogens with zero attached hydrogens (tertiary/aromatic N) is 1. The van der Waals surface area contributed by atoms with E-state index in [4.69, 9.17) is 14.6 Å². The van der Waals surface area contributed by atoms with E-state index in [0.29, 0.717) is 32.7 Å². The van der Waals surface area contributed by atoms with Crippen LogP contribution < -0.4 is 4.74 Å². The Morgan fingerprint density at radius 1 is 1.43 bits per heavy atom. The summed E-state index contributed by atoms with van der Waals surface area (Å²) >= 11 is 0.